The van der Waals surface area contributed by atoms with Gasteiger partial charge in [0.25, 0.3) is 0 Å². The van der Waals surface area contributed by atoms with E-state index in [4.69, 9.17) is 0 Å². The molecule has 1 fully saturated rings. The second-order valence-electron chi connectivity index (χ2n) is 6.08. The van der Waals surface area contributed by atoms with Crippen LogP contribution in [0.25, 0.3) is 0 Å². The van der Waals surface area contributed by atoms with Gasteiger partial charge in [0, 0.05) is 51.0 Å². The summed E-state index contributed by atoms with van der Waals surface area (Å²) in [6, 6.07) is 4.15. The number of aliphatic imine (C=N–C) groups is 1. The van der Waals surface area contributed by atoms with Crippen molar-refractivity contribution in [2.75, 3.05) is 32.7 Å². The van der Waals surface area contributed by atoms with Crippen LogP contribution < -0.4 is 10.6 Å². The molecule has 1 aromatic heterocycles. The van der Waals surface area contributed by atoms with Crippen molar-refractivity contribution in [3.8, 4) is 0 Å². The molecule has 0 aromatic carbocycles. The van der Waals surface area contributed by atoms with Crippen LogP contribution in [0, 0.1) is 6.92 Å². The Morgan fingerprint density at radius 1 is 1.38 bits per heavy atom. The molecule has 0 spiro atoms. The number of aryl methyl sites for hydroxylation is 1. The van der Waals surface area contributed by atoms with Gasteiger partial charge in [0.05, 0.1) is 0 Å². The van der Waals surface area contributed by atoms with Crippen molar-refractivity contribution in [1.29, 1.82) is 0 Å². The number of amides is 1. The Morgan fingerprint density at radius 3 is 2.92 bits per heavy atom. The van der Waals surface area contributed by atoms with Gasteiger partial charge in [-0.3, -0.25) is 14.8 Å². The minimum absolute atomic E-state index is 0.288. The van der Waals surface area contributed by atoms with Crippen LogP contribution in [0.1, 0.15) is 37.4 Å². The number of hydrogen-bond donors (Lipinski definition) is 2. The predicted octanol–water partition coefficient (Wildman–Crippen LogP) is 1.50. The van der Waals surface area contributed by atoms with Gasteiger partial charge in [0.15, 0.2) is 5.96 Å². The van der Waals surface area contributed by atoms with Gasteiger partial charge in [0.2, 0.25) is 5.91 Å². The molecule has 2 rings (SSSR count). The van der Waals surface area contributed by atoms with Crippen LogP contribution in [0.5, 0.6) is 0 Å². The Kier molecular flexibility index (Phi) is 7.52. The lowest BCUT2D eigenvalue weighted by Crippen LogP contribution is -2.38. The third-order valence-corrected chi connectivity index (χ3v) is 4.05. The third kappa shape index (κ3) is 6.18. The van der Waals surface area contributed by atoms with Gasteiger partial charge in [-0.2, -0.15) is 0 Å². The van der Waals surface area contributed by atoms with Crippen molar-refractivity contribution in [1.82, 2.24) is 20.5 Å². The summed E-state index contributed by atoms with van der Waals surface area (Å²) in [5.74, 6) is 1.13. The number of rotatable bonds is 8. The van der Waals surface area contributed by atoms with E-state index in [-0.39, 0.29) is 5.91 Å². The first kappa shape index (κ1) is 18.2. The molecule has 2 N–H and O–H groups in total. The molecule has 0 atom stereocenters. The molecule has 1 aliphatic heterocycles. The largest absolute Gasteiger partial charge is 0.357 e. The van der Waals surface area contributed by atoms with E-state index in [0.717, 1.165) is 63.6 Å². The normalized spacial score (nSPS) is 15.0. The Balaban J connectivity index is 1.69. The summed E-state index contributed by atoms with van der Waals surface area (Å²) in [6.07, 6.45) is 5.46. The number of nitrogens with zero attached hydrogens (tertiary/aromatic N) is 3. The standard InChI is InChI=1S/C18H29N5O/c1-3-19-18(20-10-5-13-23-12-4-6-17(23)24)21-11-9-16-8-7-15(2)22-14-16/h7-8,14H,3-6,9-13H2,1-2H3,(H2,19,20,21). The Hall–Kier alpha value is -2.11. The average molecular weight is 331 g/mol. The van der Waals surface area contributed by atoms with Crippen LogP contribution in [-0.4, -0.2) is 54.5 Å². The Labute approximate surface area is 144 Å². The minimum Gasteiger partial charge on any atom is -0.357 e. The van der Waals surface area contributed by atoms with Crippen LogP contribution in [0.4, 0.5) is 0 Å². The molecule has 6 nitrogen and oxygen atoms in total. The average Bonchev–Trinajstić information content (AvgIpc) is 2.98. The summed E-state index contributed by atoms with van der Waals surface area (Å²) in [4.78, 5) is 22.4. The summed E-state index contributed by atoms with van der Waals surface area (Å²) < 4.78 is 0. The fraction of sp³-hybridized carbons (Fsp3) is 0.611. The fourth-order valence-electron chi connectivity index (χ4n) is 2.71. The molecule has 0 bridgehead atoms. The highest BCUT2D eigenvalue weighted by molar-refractivity contribution is 5.79. The quantitative estimate of drug-likeness (QED) is 0.430. The van der Waals surface area contributed by atoms with E-state index in [9.17, 15) is 4.79 Å². The molecule has 2 heterocycles. The van der Waals surface area contributed by atoms with Gasteiger partial charge in [-0.05, 0) is 44.7 Å². The highest BCUT2D eigenvalue weighted by Crippen LogP contribution is 2.09. The van der Waals surface area contributed by atoms with Gasteiger partial charge in [-0.15, -0.1) is 0 Å². The zero-order chi connectivity index (χ0) is 17.2. The van der Waals surface area contributed by atoms with Crippen molar-refractivity contribution < 1.29 is 4.79 Å². The molecular weight excluding hydrogens is 302 g/mol. The molecule has 6 heteroatoms. The second-order valence-corrected chi connectivity index (χ2v) is 6.08. The number of pyridine rings is 1. The lowest BCUT2D eigenvalue weighted by molar-refractivity contribution is -0.127. The predicted molar refractivity (Wildman–Crippen MR) is 97.1 cm³/mol. The van der Waals surface area contributed by atoms with E-state index in [1.807, 2.05) is 24.1 Å². The van der Waals surface area contributed by atoms with Crippen molar-refractivity contribution >= 4 is 11.9 Å². The van der Waals surface area contributed by atoms with E-state index in [2.05, 4.69) is 33.6 Å². The highest BCUT2D eigenvalue weighted by atomic mass is 16.2. The molecule has 1 aromatic rings. The number of guanidine groups is 1. The second kappa shape index (κ2) is 9.90. The maximum atomic E-state index is 11.6. The molecule has 0 radical (unpaired) electrons. The Morgan fingerprint density at radius 2 is 2.25 bits per heavy atom. The highest BCUT2D eigenvalue weighted by Gasteiger charge is 2.18. The fourth-order valence-corrected chi connectivity index (χ4v) is 2.71. The molecule has 132 valence electrons. The zero-order valence-electron chi connectivity index (χ0n) is 14.8. The van der Waals surface area contributed by atoms with Gasteiger partial charge in [-0.1, -0.05) is 6.07 Å². The monoisotopic (exact) mass is 331 g/mol. The topological polar surface area (TPSA) is 69.6 Å². The van der Waals surface area contributed by atoms with Crippen molar-refractivity contribution in [2.24, 2.45) is 4.99 Å². The van der Waals surface area contributed by atoms with Crippen LogP contribution in [0.3, 0.4) is 0 Å². The Bertz CT molecular complexity index is 541. The number of nitrogens with one attached hydrogen (secondary N) is 2. The van der Waals surface area contributed by atoms with E-state index in [1.54, 1.807) is 0 Å². The van der Waals surface area contributed by atoms with Crippen LogP contribution in [-0.2, 0) is 11.2 Å². The van der Waals surface area contributed by atoms with E-state index >= 15 is 0 Å². The first-order valence-corrected chi connectivity index (χ1v) is 8.90. The first-order valence-electron chi connectivity index (χ1n) is 8.90. The van der Waals surface area contributed by atoms with Gasteiger partial charge in [0.1, 0.15) is 0 Å². The van der Waals surface area contributed by atoms with Crippen molar-refractivity contribution in [3.05, 3.63) is 29.6 Å². The van der Waals surface area contributed by atoms with E-state index in [0.29, 0.717) is 6.42 Å². The van der Waals surface area contributed by atoms with Gasteiger partial charge < -0.3 is 15.5 Å². The van der Waals surface area contributed by atoms with E-state index < -0.39 is 0 Å². The van der Waals surface area contributed by atoms with E-state index in [1.165, 1.54) is 5.56 Å². The summed E-state index contributed by atoms with van der Waals surface area (Å²) >= 11 is 0. The molecule has 0 aliphatic carbocycles. The van der Waals surface area contributed by atoms with Crippen molar-refractivity contribution in [2.45, 2.75) is 39.5 Å². The number of likely N-dealkylation sites (tertiary alicyclic amines) is 1. The molecule has 1 amide bonds. The summed E-state index contributed by atoms with van der Waals surface area (Å²) in [6.45, 7) is 8.16. The van der Waals surface area contributed by atoms with Gasteiger partial charge in [-0.25, -0.2) is 0 Å². The summed E-state index contributed by atoms with van der Waals surface area (Å²) in [5, 5.41) is 6.61. The molecule has 0 unspecified atom stereocenters. The smallest absolute Gasteiger partial charge is 0.222 e. The number of carbonyl (C=O) groups is 1. The summed E-state index contributed by atoms with van der Waals surface area (Å²) in [7, 11) is 0. The van der Waals surface area contributed by atoms with Gasteiger partial charge >= 0.3 is 0 Å². The molecular formula is C18H29N5O. The molecule has 1 saturated heterocycles. The third-order valence-electron chi connectivity index (χ3n) is 4.05. The lowest BCUT2D eigenvalue weighted by atomic mass is 10.2. The molecule has 1 aliphatic rings. The number of hydrogen-bond acceptors (Lipinski definition) is 3. The lowest BCUT2D eigenvalue weighted by Gasteiger charge is -2.15. The number of carbonyl (C=O) groups excluding carboxylic acids is 1. The summed E-state index contributed by atoms with van der Waals surface area (Å²) in [5.41, 5.74) is 2.26. The minimum atomic E-state index is 0.288. The van der Waals surface area contributed by atoms with Crippen LogP contribution >= 0.6 is 0 Å². The van der Waals surface area contributed by atoms with Crippen LogP contribution in [0.2, 0.25) is 0 Å². The maximum absolute atomic E-state index is 11.6. The zero-order valence-corrected chi connectivity index (χ0v) is 14.8. The molecule has 24 heavy (non-hydrogen) atoms. The molecule has 0 saturated carbocycles. The van der Waals surface area contributed by atoms with Crippen molar-refractivity contribution in [3.63, 3.8) is 0 Å². The maximum Gasteiger partial charge on any atom is 0.222 e. The SMILES string of the molecule is CCNC(=NCCCN1CCCC1=O)NCCc1ccc(C)nc1. The van der Waals surface area contributed by atoms with Crippen LogP contribution in [0.15, 0.2) is 23.3 Å². The first-order chi connectivity index (χ1) is 11.7. The number of aromatic nitrogens is 1.